The topological polar surface area (TPSA) is 55.1 Å². The maximum Gasteiger partial charge on any atom is 0.441 e. The minimum atomic E-state index is -4.23. The number of carbonyl (C=O) groups is 1. The number of nitrogens with one attached hydrogen (secondary N) is 1. The lowest BCUT2D eigenvalue weighted by Gasteiger charge is -2.20. The highest BCUT2D eigenvalue weighted by molar-refractivity contribution is 8.00. The van der Waals surface area contributed by atoms with E-state index in [4.69, 9.17) is 5.73 Å². The van der Waals surface area contributed by atoms with Crippen LogP contribution in [0, 0.1) is 5.92 Å². The standard InChI is InChI=1S/C11H19F3N2OS/c12-11(13,14)18-7-6-16-10(17)8-4-2-1-3-5-9(8)15/h8-9H,1-7,15H2,(H,16,17). The monoisotopic (exact) mass is 284 g/mol. The summed E-state index contributed by atoms with van der Waals surface area (Å²) < 4.78 is 35.6. The van der Waals surface area contributed by atoms with Crippen LogP contribution in [0.3, 0.4) is 0 Å². The molecule has 0 heterocycles. The number of carbonyl (C=O) groups excluding carboxylic acids is 1. The van der Waals surface area contributed by atoms with Crippen molar-refractivity contribution in [1.82, 2.24) is 5.32 Å². The SMILES string of the molecule is NC1CCCCCC1C(=O)NCCSC(F)(F)F. The second-order valence-electron chi connectivity index (χ2n) is 4.49. The summed E-state index contributed by atoms with van der Waals surface area (Å²) in [7, 11) is 0. The summed E-state index contributed by atoms with van der Waals surface area (Å²) >= 11 is -0.119. The number of rotatable bonds is 4. The molecule has 0 saturated heterocycles. The fourth-order valence-corrected chi connectivity index (χ4v) is 2.57. The number of hydrogen-bond donors (Lipinski definition) is 2. The van der Waals surface area contributed by atoms with Gasteiger partial charge in [-0.1, -0.05) is 19.3 Å². The molecular formula is C11H19F3N2OS. The average molecular weight is 284 g/mol. The Balaban J connectivity index is 2.26. The van der Waals surface area contributed by atoms with E-state index < -0.39 is 5.51 Å². The lowest BCUT2D eigenvalue weighted by molar-refractivity contribution is -0.125. The fourth-order valence-electron chi connectivity index (χ4n) is 2.13. The van der Waals surface area contributed by atoms with Crippen molar-refractivity contribution in [3.05, 3.63) is 0 Å². The lowest BCUT2D eigenvalue weighted by atomic mass is 9.95. The highest BCUT2D eigenvalue weighted by Gasteiger charge is 2.29. The molecule has 0 bridgehead atoms. The maximum absolute atomic E-state index is 11.9. The molecule has 0 aromatic carbocycles. The van der Waals surface area contributed by atoms with Crippen molar-refractivity contribution in [2.45, 2.75) is 43.7 Å². The van der Waals surface area contributed by atoms with E-state index in [1.165, 1.54) is 0 Å². The molecule has 2 unspecified atom stereocenters. The van der Waals surface area contributed by atoms with Gasteiger partial charge >= 0.3 is 5.51 Å². The largest absolute Gasteiger partial charge is 0.441 e. The molecule has 2 atom stereocenters. The third kappa shape index (κ3) is 5.95. The summed E-state index contributed by atoms with van der Waals surface area (Å²) in [5.41, 5.74) is 1.67. The molecule has 7 heteroatoms. The van der Waals surface area contributed by atoms with Gasteiger partial charge in [-0.05, 0) is 24.6 Å². The molecule has 1 aliphatic carbocycles. The van der Waals surface area contributed by atoms with Crippen molar-refractivity contribution < 1.29 is 18.0 Å². The normalized spacial score (nSPS) is 25.6. The summed E-state index contributed by atoms with van der Waals surface area (Å²) in [6.45, 7) is 0.0340. The summed E-state index contributed by atoms with van der Waals surface area (Å²) in [5.74, 6) is -0.604. The average Bonchev–Trinajstić information content (AvgIpc) is 2.48. The quantitative estimate of drug-likeness (QED) is 0.615. The van der Waals surface area contributed by atoms with E-state index in [0.717, 1.165) is 32.1 Å². The molecular weight excluding hydrogens is 265 g/mol. The van der Waals surface area contributed by atoms with Crippen LogP contribution >= 0.6 is 11.8 Å². The van der Waals surface area contributed by atoms with E-state index in [1.807, 2.05) is 0 Å². The number of amides is 1. The van der Waals surface area contributed by atoms with Gasteiger partial charge in [0.05, 0.1) is 5.92 Å². The van der Waals surface area contributed by atoms with Crippen LogP contribution in [0.25, 0.3) is 0 Å². The van der Waals surface area contributed by atoms with Gasteiger partial charge in [0.2, 0.25) is 5.91 Å². The van der Waals surface area contributed by atoms with E-state index in [0.29, 0.717) is 0 Å². The van der Waals surface area contributed by atoms with Crippen LogP contribution in [0.4, 0.5) is 13.2 Å². The molecule has 1 aliphatic rings. The Morgan fingerprint density at radius 2 is 1.94 bits per heavy atom. The van der Waals surface area contributed by atoms with Gasteiger partial charge in [0.15, 0.2) is 0 Å². The maximum atomic E-state index is 11.9. The van der Waals surface area contributed by atoms with Crippen molar-refractivity contribution in [3.8, 4) is 0 Å². The summed E-state index contributed by atoms with van der Waals surface area (Å²) in [5, 5.41) is 2.54. The number of halogens is 3. The lowest BCUT2D eigenvalue weighted by Crippen LogP contribution is -2.42. The van der Waals surface area contributed by atoms with Crippen molar-refractivity contribution in [3.63, 3.8) is 0 Å². The van der Waals surface area contributed by atoms with Gasteiger partial charge in [-0.25, -0.2) is 0 Å². The van der Waals surface area contributed by atoms with Gasteiger partial charge in [-0.2, -0.15) is 13.2 Å². The summed E-state index contributed by atoms with van der Waals surface area (Å²) in [6, 6.07) is -0.164. The molecule has 0 aromatic heterocycles. The molecule has 0 aliphatic heterocycles. The number of nitrogens with two attached hydrogens (primary N) is 1. The Morgan fingerprint density at radius 1 is 1.28 bits per heavy atom. The predicted molar refractivity (Wildman–Crippen MR) is 66.1 cm³/mol. The third-order valence-corrected chi connectivity index (χ3v) is 3.81. The molecule has 106 valence electrons. The van der Waals surface area contributed by atoms with Crippen molar-refractivity contribution in [2.75, 3.05) is 12.3 Å². The first-order valence-corrected chi connectivity index (χ1v) is 7.12. The molecule has 1 rings (SSSR count). The molecule has 1 amide bonds. The van der Waals surface area contributed by atoms with Crippen LogP contribution in [-0.4, -0.2) is 29.8 Å². The predicted octanol–water partition coefficient (Wildman–Crippen LogP) is 2.26. The van der Waals surface area contributed by atoms with Crippen molar-refractivity contribution >= 4 is 17.7 Å². The molecule has 3 nitrogen and oxygen atoms in total. The molecule has 0 spiro atoms. The first-order valence-electron chi connectivity index (χ1n) is 6.14. The molecule has 3 N–H and O–H groups in total. The molecule has 18 heavy (non-hydrogen) atoms. The molecule has 0 radical (unpaired) electrons. The smallest absolute Gasteiger partial charge is 0.355 e. The van der Waals surface area contributed by atoms with Crippen LogP contribution in [0.5, 0.6) is 0 Å². The van der Waals surface area contributed by atoms with Gasteiger partial charge in [-0.15, -0.1) is 0 Å². The highest BCUT2D eigenvalue weighted by Crippen LogP contribution is 2.29. The molecule has 1 fully saturated rings. The minimum absolute atomic E-state index is 0.0340. The van der Waals surface area contributed by atoms with E-state index in [9.17, 15) is 18.0 Å². The van der Waals surface area contributed by atoms with E-state index in [-0.39, 0.29) is 41.9 Å². The second kappa shape index (κ2) is 7.23. The van der Waals surface area contributed by atoms with Crippen LogP contribution in [-0.2, 0) is 4.79 Å². The number of alkyl halides is 3. The van der Waals surface area contributed by atoms with Crippen molar-refractivity contribution in [2.24, 2.45) is 11.7 Å². The zero-order valence-electron chi connectivity index (χ0n) is 10.1. The van der Waals surface area contributed by atoms with Crippen molar-refractivity contribution in [1.29, 1.82) is 0 Å². The summed E-state index contributed by atoms with van der Waals surface area (Å²) in [4.78, 5) is 11.8. The minimum Gasteiger partial charge on any atom is -0.355 e. The van der Waals surface area contributed by atoms with Gasteiger partial charge < -0.3 is 11.1 Å². The molecule has 0 aromatic rings. The Bertz CT molecular complexity index is 274. The van der Waals surface area contributed by atoms with Crippen LogP contribution in [0.1, 0.15) is 32.1 Å². The first-order chi connectivity index (χ1) is 8.40. The third-order valence-electron chi connectivity index (χ3n) is 3.07. The zero-order chi connectivity index (χ0) is 13.6. The van der Waals surface area contributed by atoms with E-state index in [1.54, 1.807) is 0 Å². The van der Waals surface area contributed by atoms with Gasteiger partial charge in [-0.3, -0.25) is 4.79 Å². The van der Waals surface area contributed by atoms with Crippen LogP contribution < -0.4 is 11.1 Å². The highest BCUT2D eigenvalue weighted by atomic mass is 32.2. The Morgan fingerprint density at radius 3 is 2.61 bits per heavy atom. The zero-order valence-corrected chi connectivity index (χ0v) is 10.9. The van der Waals surface area contributed by atoms with E-state index >= 15 is 0 Å². The fraction of sp³-hybridized carbons (Fsp3) is 0.909. The van der Waals surface area contributed by atoms with Crippen LogP contribution in [0.15, 0.2) is 0 Å². The number of hydrogen-bond acceptors (Lipinski definition) is 3. The van der Waals surface area contributed by atoms with Gasteiger partial charge in [0, 0.05) is 18.3 Å². The van der Waals surface area contributed by atoms with Gasteiger partial charge in [0.25, 0.3) is 0 Å². The summed E-state index contributed by atoms with van der Waals surface area (Å²) in [6.07, 6.45) is 4.61. The van der Waals surface area contributed by atoms with E-state index in [2.05, 4.69) is 5.32 Å². The van der Waals surface area contributed by atoms with Gasteiger partial charge in [0.1, 0.15) is 0 Å². The van der Waals surface area contributed by atoms with Crippen LogP contribution in [0.2, 0.25) is 0 Å². The Kier molecular flexibility index (Phi) is 6.28. The Labute approximate surface area is 109 Å². The molecule has 1 saturated carbocycles. The first kappa shape index (κ1) is 15.6. The Hall–Kier alpha value is -0.430. The number of thioether (sulfide) groups is 1. The second-order valence-corrected chi connectivity index (χ2v) is 5.65.